The van der Waals surface area contributed by atoms with E-state index in [9.17, 15) is 8.42 Å². The highest BCUT2D eigenvalue weighted by atomic mass is 35.5. The van der Waals surface area contributed by atoms with Crippen LogP contribution in [0.25, 0.3) is 22.5 Å². The second kappa shape index (κ2) is 6.10. The molecule has 23 heavy (non-hydrogen) atoms. The maximum Gasteiger partial charge on any atom is 0.175 e. The maximum atomic E-state index is 11.8. The molecule has 0 saturated heterocycles. The predicted molar refractivity (Wildman–Crippen MR) is 91.0 cm³/mol. The molecule has 0 amide bonds. The van der Waals surface area contributed by atoms with Crippen LogP contribution in [0.5, 0.6) is 0 Å². The van der Waals surface area contributed by atoms with Crippen molar-refractivity contribution in [2.75, 3.05) is 6.26 Å². The number of rotatable bonds is 3. The van der Waals surface area contributed by atoms with Crippen molar-refractivity contribution in [2.45, 2.75) is 4.90 Å². The monoisotopic (exact) mass is 344 g/mol. The summed E-state index contributed by atoms with van der Waals surface area (Å²) in [5.74, 6) is 0. The summed E-state index contributed by atoms with van der Waals surface area (Å²) < 4.78 is 23.5. The lowest BCUT2D eigenvalue weighted by atomic mass is 10.1. The van der Waals surface area contributed by atoms with Crippen molar-refractivity contribution < 1.29 is 8.42 Å². The SMILES string of the molecule is CS(=O)(=O)c1cc(Cl)cc(-c2cc(-c3ccccn3)ccn2)c1. The summed E-state index contributed by atoms with van der Waals surface area (Å²) >= 11 is 6.06. The average molecular weight is 345 g/mol. The van der Waals surface area contributed by atoms with Crippen molar-refractivity contribution in [2.24, 2.45) is 0 Å². The van der Waals surface area contributed by atoms with Gasteiger partial charge < -0.3 is 0 Å². The van der Waals surface area contributed by atoms with Crippen LogP contribution in [0.15, 0.2) is 65.8 Å². The molecular weight excluding hydrogens is 332 g/mol. The van der Waals surface area contributed by atoms with Gasteiger partial charge in [0, 0.05) is 34.8 Å². The summed E-state index contributed by atoms with van der Waals surface area (Å²) in [4.78, 5) is 8.80. The van der Waals surface area contributed by atoms with Crippen molar-refractivity contribution in [3.05, 3.63) is 65.9 Å². The molecule has 3 rings (SSSR count). The van der Waals surface area contributed by atoms with Gasteiger partial charge in [0.05, 0.1) is 16.3 Å². The van der Waals surface area contributed by atoms with Gasteiger partial charge in [-0.15, -0.1) is 0 Å². The molecule has 0 N–H and O–H groups in total. The first-order valence-corrected chi connectivity index (χ1v) is 9.09. The van der Waals surface area contributed by atoms with Crippen LogP contribution in [-0.4, -0.2) is 24.6 Å². The molecule has 0 aliphatic carbocycles. The number of hydrogen-bond donors (Lipinski definition) is 0. The summed E-state index contributed by atoms with van der Waals surface area (Å²) in [7, 11) is -3.34. The van der Waals surface area contributed by atoms with E-state index in [1.807, 2.05) is 30.3 Å². The van der Waals surface area contributed by atoms with E-state index in [0.29, 0.717) is 16.3 Å². The van der Waals surface area contributed by atoms with Gasteiger partial charge in [0.2, 0.25) is 0 Å². The lowest BCUT2D eigenvalue weighted by Crippen LogP contribution is -1.98. The van der Waals surface area contributed by atoms with Crippen LogP contribution in [0.4, 0.5) is 0 Å². The largest absolute Gasteiger partial charge is 0.256 e. The highest BCUT2D eigenvalue weighted by Crippen LogP contribution is 2.28. The molecule has 3 aromatic rings. The fourth-order valence-electron chi connectivity index (χ4n) is 2.21. The van der Waals surface area contributed by atoms with E-state index in [-0.39, 0.29) is 4.90 Å². The lowest BCUT2D eigenvalue weighted by Gasteiger charge is -2.07. The number of benzene rings is 1. The topological polar surface area (TPSA) is 59.9 Å². The molecule has 0 spiro atoms. The van der Waals surface area contributed by atoms with Gasteiger partial charge in [0.1, 0.15) is 0 Å². The number of sulfone groups is 1. The van der Waals surface area contributed by atoms with Crippen molar-refractivity contribution in [3.63, 3.8) is 0 Å². The number of pyridine rings is 2. The van der Waals surface area contributed by atoms with E-state index in [4.69, 9.17) is 11.6 Å². The highest BCUT2D eigenvalue weighted by molar-refractivity contribution is 7.90. The molecule has 6 heteroatoms. The Morgan fingerprint density at radius 2 is 1.65 bits per heavy atom. The predicted octanol–water partition coefficient (Wildman–Crippen LogP) is 3.87. The molecule has 0 unspecified atom stereocenters. The summed E-state index contributed by atoms with van der Waals surface area (Å²) in [5, 5.41) is 0.355. The van der Waals surface area contributed by atoms with E-state index in [1.54, 1.807) is 24.5 Å². The second-order valence-corrected chi connectivity index (χ2v) is 7.54. The van der Waals surface area contributed by atoms with Gasteiger partial charge in [-0.2, -0.15) is 0 Å². The first-order valence-electron chi connectivity index (χ1n) is 6.82. The van der Waals surface area contributed by atoms with Crippen LogP contribution in [0.1, 0.15) is 0 Å². The number of halogens is 1. The molecule has 0 fully saturated rings. The quantitative estimate of drug-likeness (QED) is 0.723. The minimum Gasteiger partial charge on any atom is -0.256 e. The van der Waals surface area contributed by atoms with Crippen LogP contribution in [0.3, 0.4) is 0 Å². The van der Waals surface area contributed by atoms with E-state index in [0.717, 1.165) is 17.5 Å². The Labute approximate surface area is 139 Å². The van der Waals surface area contributed by atoms with Gasteiger partial charge in [0.25, 0.3) is 0 Å². The first kappa shape index (κ1) is 15.6. The number of hydrogen-bond acceptors (Lipinski definition) is 4. The molecule has 4 nitrogen and oxygen atoms in total. The number of aromatic nitrogens is 2. The van der Waals surface area contributed by atoms with Gasteiger partial charge in [0.15, 0.2) is 9.84 Å². The minimum absolute atomic E-state index is 0.171. The molecule has 0 radical (unpaired) electrons. The van der Waals surface area contributed by atoms with Crippen molar-refractivity contribution >= 4 is 21.4 Å². The summed E-state index contributed by atoms with van der Waals surface area (Å²) in [6, 6.07) is 14.1. The lowest BCUT2D eigenvalue weighted by molar-refractivity contribution is 0.602. The third-order valence-corrected chi connectivity index (χ3v) is 4.63. The smallest absolute Gasteiger partial charge is 0.175 e. The van der Waals surface area contributed by atoms with Crippen LogP contribution >= 0.6 is 11.6 Å². The highest BCUT2D eigenvalue weighted by Gasteiger charge is 2.12. The van der Waals surface area contributed by atoms with Crippen molar-refractivity contribution in [1.82, 2.24) is 9.97 Å². The van der Waals surface area contributed by atoms with Gasteiger partial charge in [-0.3, -0.25) is 9.97 Å². The van der Waals surface area contributed by atoms with Crippen molar-refractivity contribution in [1.29, 1.82) is 0 Å². The summed E-state index contributed by atoms with van der Waals surface area (Å²) in [5.41, 5.74) is 3.01. The Morgan fingerprint density at radius 3 is 2.35 bits per heavy atom. The Morgan fingerprint density at radius 1 is 0.870 bits per heavy atom. The first-order chi connectivity index (χ1) is 10.9. The Bertz CT molecular complexity index is 957. The zero-order valence-corrected chi connectivity index (χ0v) is 13.8. The molecule has 0 bridgehead atoms. The van der Waals surface area contributed by atoms with Crippen molar-refractivity contribution in [3.8, 4) is 22.5 Å². The third-order valence-electron chi connectivity index (χ3n) is 3.32. The van der Waals surface area contributed by atoms with Crippen LogP contribution < -0.4 is 0 Å². The van der Waals surface area contributed by atoms with Gasteiger partial charge in [-0.1, -0.05) is 17.7 Å². The molecule has 0 saturated carbocycles. The molecular formula is C17H13ClN2O2S. The fourth-order valence-corrected chi connectivity index (χ4v) is 3.19. The van der Waals surface area contributed by atoms with E-state index >= 15 is 0 Å². The zero-order valence-electron chi connectivity index (χ0n) is 12.3. The molecule has 1 aromatic carbocycles. The summed E-state index contributed by atoms with van der Waals surface area (Å²) in [6.45, 7) is 0. The fraction of sp³-hybridized carbons (Fsp3) is 0.0588. The molecule has 0 aliphatic rings. The molecule has 0 aliphatic heterocycles. The summed E-state index contributed by atoms with van der Waals surface area (Å²) in [6.07, 6.45) is 4.54. The Kier molecular flexibility index (Phi) is 4.15. The van der Waals surface area contributed by atoms with E-state index in [1.165, 1.54) is 6.07 Å². The average Bonchev–Trinajstić information content (AvgIpc) is 2.54. The van der Waals surface area contributed by atoms with Gasteiger partial charge in [-0.25, -0.2) is 8.42 Å². The minimum atomic E-state index is -3.34. The van der Waals surface area contributed by atoms with E-state index < -0.39 is 9.84 Å². The Balaban J connectivity index is 2.11. The molecule has 116 valence electrons. The maximum absolute atomic E-state index is 11.8. The second-order valence-electron chi connectivity index (χ2n) is 5.09. The van der Waals surface area contributed by atoms with Gasteiger partial charge >= 0.3 is 0 Å². The molecule has 2 heterocycles. The molecule has 0 atom stereocenters. The molecule has 2 aromatic heterocycles. The van der Waals surface area contributed by atoms with Crippen LogP contribution in [0, 0.1) is 0 Å². The zero-order chi connectivity index (χ0) is 16.4. The van der Waals surface area contributed by atoms with Crippen LogP contribution in [0.2, 0.25) is 5.02 Å². The van der Waals surface area contributed by atoms with Crippen LogP contribution in [-0.2, 0) is 9.84 Å². The van der Waals surface area contributed by atoms with Gasteiger partial charge in [-0.05, 0) is 42.5 Å². The Hall–Kier alpha value is -2.24. The third kappa shape index (κ3) is 3.57. The number of nitrogens with zero attached hydrogens (tertiary/aromatic N) is 2. The van der Waals surface area contributed by atoms with E-state index in [2.05, 4.69) is 9.97 Å². The normalized spacial score (nSPS) is 11.4. The standard InChI is InChI=1S/C17H13ClN2O2S/c1-23(21,22)15-9-13(8-14(18)11-15)17-10-12(5-7-20-17)16-4-2-3-6-19-16/h2-11H,1H3.